The van der Waals surface area contributed by atoms with E-state index in [4.69, 9.17) is 4.74 Å². The molecule has 0 bridgehead atoms. The average molecular weight is 279 g/mol. The van der Waals surface area contributed by atoms with E-state index < -0.39 is 22.2 Å². The van der Waals surface area contributed by atoms with Crippen LogP contribution in [0.15, 0.2) is 36.4 Å². The fourth-order valence-electron chi connectivity index (χ4n) is 1.54. The quantitative estimate of drug-likeness (QED) is 0.488. The molecule has 0 fully saturated rings. The fourth-order valence-corrected chi connectivity index (χ4v) is 1.54. The van der Waals surface area contributed by atoms with Crippen LogP contribution in [0.4, 0.5) is 14.5 Å². The van der Waals surface area contributed by atoms with Gasteiger partial charge in [-0.2, -0.15) is 0 Å². The maximum absolute atomic E-state index is 13.0. The molecule has 0 aromatic heterocycles. The molecule has 0 saturated heterocycles. The van der Waals surface area contributed by atoms with E-state index in [0.29, 0.717) is 12.4 Å². The van der Waals surface area contributed by atoms with Crippen molar-refractivity contribution in [2.45, 2.75) is 0 Å². The molecule has 102 valence electrons. The summed E-state index contributed by atoms with van der Waals surface area (Å²) in [7, 11) is 0. The lowest BCUT2D eigenvalue weighted by Gasteiger charge is -2.08. The van der Waals surface area contributed by atoms with E-state index in [1.807, 2.05) is 0 Å². The van der Waals surface area contributed by atoms with Gasteiger partial charge in [-0.15, -0.1) is 0 Å². The van der Waals surface area contributed by atoms with Gasteiger partial charge in [-0.1, -0.05) is 0 Å². The number of carbonyl (C=O) groups is 1. The molecular formula is C13H7F2NO4. The van der Waals surface area contributed by atoms with Gasteiger partial charge in [-0.25, -0.2) is 8.78 Å². The van der Waals surface area contributed by atoms with E-state index >= 15 is 0 Å². The van der Waals surface area contributed by atoms with Crippen LogP contribution in [0.5, 0.6) is 11.5 Å². The summed E-state index contributed by atoms with van der Waals surface area (Å²) in [6.45, 7) is 0. The number of nitrogens with zero attached hydrogens (tertiary/aromatic N) is 1. The Labute approximate surface area is 111 Å². The molecule has 5 nitrogen and oxygen atoms in total. The van der Waals surface area contributed by atoms with Gasteiger partial charge in [0.05, 0.1) is 16.6 Å². The van der Waals surface area contributed by atoms with E-state index in [9.17, 15) is 23.7 Å². The van der Waals surface area contributed by atoms with Crippen molar-refractivity contribution in [1.82, 2.24) is 0 Å². The van der Waals surface area contributed by atoms with E-state index in [2.05, 4.69) is 0 Å². The zero-order valence-corrected chi connectivity index (χ0v) is 9.88. The maximum Gasteiger partial charge on any atom is 0.314 e. The molecule has 0 amide bonds. The molecule has 0 heterocycles. The highest BCUT2D eigenvalue weighted by Gasteiger charge is 2.18. The molecule has 0 unspecified atom stereocenters. The van der Waals surface area contributed by atoms with Crippen LogP contribution < -0.4 is 4.74 Å². The Morgan fingerprint density at radius 2 is 1.65 bits per heavy atom. The van der Waals surface area contributed by atoms with E-state index in [0.717, 1.165) is 30.3 Å². The molecule has 20 heavy (non-hydrogen) atoms. The lowest BCUT2D eigenvalue weighted by Crippen LogP contribution is -1.96. The minimum Gasteiger partial charge on any atom is -0.449 e. The number of nitro benzene ring substituents is 1. The molecule has 0 radical (unpaired) electrons. The van der Waals surface area contributed by atoms with Crippen LogP contribution in [0.25, 0.3) is 0 Å². The molecule has 0 aliphatic rings. The van der Waals surface area contributed by atoms with Crippen molar-refractivity contribution in [3.05, 3.63) is 63.7 Å². The topological polar surface area (TPSA) is 69.4 Å². The van der Waals surface area contributed by atoms with Crippen LogP contribution in [0.1, 0.15) is 10.4 Å². The molecule has 0 spiro atoms. The first-order valence-electron chi connectivity index (χ1n) is 5.38. The number of carbonyl (C=O) groups excluding carboxylic acids is 1. The van der Waals surface area contributed by atoms with E-state index in [1.165, 1.54) is 0 Å². The second-order valence-corrected chi connectivity index (χ2v) is 3.77. The summed E-state index contributed by atoms with van der Waals surface area (Å²) in [6, 6.07) is 5.86. The molecule has 0 N–H and O–H groups in total. The normalized spacial score (nSPS) is 10.1. The van der Waals surface area contributed by atoms with Crippen LogP contribution in [0.3, 0.4) is 0 Å². The van der Waals surface area contributed by atoms with Crippen molar-refractivity contribution in [2.75, 3.05) is 0 Å². The third kappa shape index (κ3) is 2.77. The standard InChI is InChI=1S/C13H7F2NO4/c14-9-1-3-12(8(5-9)7-17)20-13-4-2-10(15)6-11(13)16(18)19/h1-7H. The van der Waals surface area contributed by atoms with Gasteiger partial charge in [0, 0.05) is 0 Å². The van der Waals surface area contributed by atoms with Crippen molar-refractivity contribution >= 4 is 12.0 Å². The average Bonchev–Trinajstić information content (AvgIpc) is 2.42. The lowest BCUT2D eigenvalue weighted by molar-refractivity contribution is -0.385. The van der Waals surface area contributed by atoms with Crippen LogP contribution in [0.2, 0.25) is 0 Å². The Bertz CT molecular complexity index is 688. The lowest BCUT2D eigenvalue weighted by atomic mass is 10.2. The smallest absolute Gasteiger partial charge is 0.314 e. The summed E-state index contributed by atoms with van der Waals surface area (Å²) in [5.74, 6) is -1.74. The van der Waals surface area contributed by atoms with Crippen LogP contribution in [0, 0.1) is 21.7 Å². The first-order valence-corrected chi connectivity index (χ1v) is 5.38. The SMILES string of the molecule is O=Cc1cc(F)ccc1Oc1ccc(F)cc1[N+](=O)[O-]. The minimum absolute atomic E-state index is 0.0592. The van der Waals surface area contributed by atoms with Gasteiger partial charge in [0.15, 0.2) is 6.29 Å². The highest BCUT2D eigenvalue weighted by atomic mass is 19.1. The highest BCUT2D eigenvalue weighted by Crippen LogP contribution is 2.33. The van der Waals surface area contributed by atoms with Gasteiger partial charge in [0.25, 0.3) is 0 Å². The summed E-state index contributed by atoms with van der Waals surface area (Å²) in [5.41, 5.74) is -0.699. The molecule has 0 aliphatic heterocycles. The molecule has 2 aromatic rings. The van der Waals surface area contributed by atoms with Gasteiger partial charge in [0.2, 0.25) is 5.75 Å². The zero-order chi connectivity index (χ0) is 14.7. The number of ether oxygens (including phenoxy) is 1. The number of hydrogen-bond donors (Lipinski definition) is 0. The van der Waals surface area contributed by atoms with Gasteiger partial charge < -0.3 is 4.74 Å². The first-order chi connectivity index (χ1) is 9.51. The number of nitro groups is 1. The van der Waals surface area contributed by atoms with Gasteiger partial charge in [0.1, 0.15) is 17.4 Å². The number of hydrogen-bond acceptors (Lipinski definition) is 4. The summed E-state index contributed by atoms with van der Waals surface area (Å²) in [5, 5.41) is 10.8. The van der Waals surface area contributed by atoms with E-state index in [1.54, 1.807) is 0 Å². The second kappa shape index (κ2) is 5.43. The maximum atomic E-state index is 13.0. The van der Waals surface area contributed by atoms with Crippen molar-refractivity contribution < 1.29 is 23.2 Å². The monoisotopic (exact) mass is 279 g/mol. The third-order valence-corrected chi connectivity index (χ3v) is 2.44. The highest BCUT2D eigenvalue weighted by molar-refractivity contribution is 5.79. The number of aldehydes is 1. The van der Waals surface area contributed by atoms with Gasteiger partial charge >= 0.3 is 5.69 Å². The first kappa shape index (κ1) is 13.6. The molecule has 2 aromatic carbocycles. The van der Waals surface area contributed by atoms with Crippen LogP contribution >= 0.6 is 0 Å². The second-order valence-electron chi connectivity index (χ2n) is 3.77. The van der Waals surface area contributed by atoms with Crippen molar-refractivity contribution in [1.29, 1.82) is 0 Å². The van der Waals surface area contributed by atoms with Crippen molar-refractivity contribution in [2.24, 2.45) is 0 Å². The third-order valence-electron chi connectivity index (χ3n) is 2.44. The molecule has 0 aliphatic carbocycles. The van der Waals surface area contributed by atoms with Crippen LogP contribution in [-0.4, -0.2) is 11.2 Å². The summed E-state index contributed by atoms with van der Waals surface area (Å²) in [4.78, 5) is 20.8. The molecular weight excluding hydrogens is 272 g/mol. The summed E-state index contributed by atoms with van der Waals surface area (Å²) >= 11 is 0. The molecule has 7 heteroatoms. The Morgan fingerprint density at radius 1 is 1.05 bits per heavy atom. The predicted molar refractivity (Wildman–Crippen MR) is 64.9 cm³/mol. The zero-order valence-electron chi connectivity index (χ0n) is 9.88. The van der Waals surface area contributed by atoms with Gasteiger partial charge in [-0.3, -0.25) is 14.9 Å². The van der Waals surface area contributed by atoms with Crippen molar-refractivity contribution in [3.63, 3.8) is 0 Å². The molecule has 0 saturated carbocycles. The predicted octanol–water partition coefficient (Wildman–Crippen LogP) is 3.48. The Hall–Kier alpha value is -2.83. The fraction of sp³-hybridized carbons (Fsp3) is 0. The molecule has 2 rings (SSSR count). The summed E-state index contributed by atoms with van der Waals surface area (Å²) in [6.07, 6.45) is 0.355. The molecule has 0 atom stereocenters. The Morgan fingerprint density at radius 3 is 2.25 bits per heavy atom. The van der Waals surface area contributed by atoms with Crippen molar-refractivity contribution in [3.8, 4) is 11.5 Å². The van der Waals surface area contributed by atoms with E-state index in [-0.39, 0.29) is 17.1 Å². The summed E-state index contributed by atoms with van der Waals surface area (Å²) < 4.78 is 31.1. The largest absolute Gasteiger partial charge is 0.449 e. The van der Waals surface area contributed by atoms with Crippen LogP contribution in [-0.2, 0) is 0 Å². The Balaban J connectivity index is 2.45. The number of halogens is 2. The number of benzene rings is 2. The Kier molecular flexibility index (Phi) is 3.69. The minimum atomic E-state index is -0.817. The number of rotatable bonds is 4. The van der Waals surface area contributed by atoms with Gasteiger partial charge in [-0.05, 0) is 30.3 Å².